The first-order chi connectivity index (χ1) is 15.5. The van der Waals surface area contributed by atoms with Crippen LogP contribution in [0.5, 0.6) is 5.75 Å². The third-order valence-corrected chi connectivity index (χ3v) is 6.49. The average molecular weight is 430 g/mol. The molecule has 1 unspecified atom stereocenters. The smallest absolute Gasteiger partial charge is 0.256 e. The Labute approximate surface area is 186 Å². The molecule has 1 atom stereocenters. The fourth-order valence-electron chi connectivity index (χ4n) is 4.95. The zero-order valence-corrected chi connectivity index (χ0v) is 17.8. The summed E-state index contributed by atoms with van der Waals surface area (Å²) in [5.74, 6) is 0.209. The van der Waals surface area contributed by atoms with Crippen molar-refractivity contribution in [2.24, 2.45) is 0 Å². The van der Waals surface area contributed by atoms with E-state index in [2.05, 4.69) is 0 Å². The highest BCUT2D eigenvalue weighted by molar-refractivity contribution is 5.98. The standard InChI is InChI=1S/C26H23FN2O3/c1-32-22-12-8-20(9-13-22)26-17-19-4-2-3-5-23(19)25(31)29(26)15-14-28(26)24(30)16-18-6-10-21(27)11-7-18/h2-13H,14-17H2,1H3. The van der Waals surface area contributed by atoms with E-state index in [1.165, 1.54) is 12.1 Å². The van der Waals surface area contributed by atoms with E-state index in [9.17, 15) is 14.0 Å². The van der Waals surface area contributed by atoms with Crippen molar-refractivity contribution in [3.8, 4) is 5.75 Å². The summed E-state index contributed by atoms with van der Waals surface area (Å²) in [5, 5.41) is 0. The van der Waals surface area contributed by atoms with Crippen LogP contribution in [0.4, 0.5) is 4.39 Å². The van der Waals surface area contributed by atoms with Gasteiger partial charge in [0.25, 0.3) is 5.91 Å². The first kappa shape index (κ1) is 20.2. The number of nitrogens with zero attached hydrogens (tertiary/aromatic N) is 2. The van der Waals surface area contributed by atoms with Crippen LogP contribution >= 0.6 is 0 Å². The lowest BCUT2D eigenvalue weighted by Crippen LogP contribution is -2.58. The number of fused-ring (bicyclic) bond motifs is 2. The largest absolute Gasteiger partial charge is 0.497 e. The zero-order valence-electron chi connectivity index (χ0n) is 17.8. The third kappa shape index (κ3) is 3.14. The van der Waals surface area contributed by atoms with Gasteiger partial charge in [-0.3, -0.25) is 9.59 Å². The minimum absolute atomic E-state index is 0.0697. The summed E-state index contributed by atoms with van der Waals surface area (Å²) in [7, 11) is 1.61. The minimum atomic E-state index is -0.908. The van der Waals surface area contributed by atoms with Crippen LogP contribution in [0.2, 0.25) is 0 Å². The second-order valence-electron chi connectivity index (χ2n) is 8.18. The molecule has 2 aliphatic heterocycles. The molecule has 2 heterocycles. The van der Waals surface area contributed by atoms with E-state index in [-0.39, 0.29) is 24.1 Å². The van der Waals surface area contributed by atoms with Crippen molar-refractivity contribution in [2.45, 2.75) is 18.5 Å². The minimum Gasteiger partial charge on any atom is -0.497 e. The number of carbonyl (C=O) groups is 2. The van der Waals surface area contributed by atoms with Crippen LogP contribution in [0.1, 0.15) is 27.0 Å². The van der Waals surface area contributed by atoms with Crippen molar-refractivity contribution in [3.63, 3.8) is 0 Å². The van der Waals surface area contributed by atoms with Gasteiger partial charge in [0, 0.05) is 25.1 Å². The van der Waals surface area contributed by atoms with Crippen LogP contribution < -0.4 is 4.74 Å². The van der Waals surface area contributed by atoms with Gasteiger partial charge in [0.2, 0.25) is 5.91 Å². The summed E-state index contributed by atoms with van der Waals surface area (Å²) >= 11 is 0. The SMILES string of the molecule is COc1ccc(C23Cc4ccccc4C(=O)N2CCN3C(=O)Cc2ccc(F)cc2)cc1. The quantitative estimate of drug-likeness (QED) is 0.633. The van der Waals surface area contributed by atoms with Gasteiger partial charge in [-0.2, -0.15) is 0 Å². The summed E-state index contributed by atoms with van der Waals surface area (Å²) in [5.41, 5.74) is 2.30. The molecule has 0 saturated carbocycles. The Morgan fingerprint density at radius 3 is 2.44 bits per heavy atom. The lowest BCUT2D eigenvalue weighted by atomic mass is 9.83. The molecule has 1 saturated heterocycles. The fraction of sp³-hybridized carbons (Fsp3) is 0.231. The molecule has 3 aromatic rings. The van der Waals surface area contributed by atoms with Gasteiger partial charge in [-0.05, 0) is 47.0 Å². The number of methoxy groups -OCH3 is 1. The number of ether oxygens (including phenoxy) is 1. The van der Waals surface area contributed by atoms with Crippen molar-refractivity contribution < 1.29 is 18.7 Å². The van der Waals surface area contributed by atoms with E-state index in [1.807, 2.05) is 58.3 Å². The predicted molar refractivity (Wildman–Crippen MR) is 118 cm³/mol. The molecule has 0 N–H and O–H groups in total. The van der Waals surface area contributed by atoms with Crippen molar-refractivity contribution in [3.05, 3.63) is 101 Å². The number of benzene rings is 3. The maximum absolute atomic E-state index is 13.5. The van der Waals surface area contributed by atoms with Gasteiger partial charge < -0.3 is 14.5 Å². The Kier molecular flexibility index (Phi) is 4.93. The van der Waals surface area contributed by atoms with Gasteiger partial charge in [0.1, 0.15) is 17.2 Å². The van der Waals surface area contributed by atoms with Crippen molar-refractivity contribution in [1.29, 1.82) is 0 Å². The zero-order chi connectivity index (χ0) is 22.3. The summed E-state index contributed by atoms with van der Waals surface area (Å²) in [6, 6.07) is 21.1. The van der Waals surface area contributed by atoms with Crippen molar-refractivity contribution in [1.82, 2.24) is 9.80 Å². The van der Waals surface area contributed by atoms with E-state index in [1.54, 1.807) is 19.2 Å². The number of rotatable bonds is 4. The van der Waals surface area contributed by atoms with E-state index in [0.29, 0.717) is 30.8 Å². The maximum atomic E-state index is 13.5. The molecule has 0 aromatic heterocycles. The second kappa shape index (κ2) is 7.79. The Morgan fingerprint density at radius 2 is 1.72 bits per heavy atom. The number of hydrogen-bond donors (Lipinski definition) is 0. The van der Waals surface area contributed by atoms with Crippen molar-refractivity contribution >= 4 is 11.8 Å². The Morgan fingerprint density at radius 1 is 1.00 bits per heavy atom. The summed E-state index contributed by atoms with van der Waals surface area (Å²) in [4.78, 5) is 30.7. The van der Waals surface area contributed by atoms with Crippen LogP contribution in [-0.4, -0.2) is 41.8 Å². The van der Waals surface area contributed by atoms with Crippen LogP contribution in [-0.2, 0) is 23.3 Å². The molecule has 3 aromatic carbocycles. The second-order valence-corrected chi connectivity index (χ2v) is 8.18. The monoisotopic (exact) mass is 430 g/mol. The van der Waals surface area contributed by atoms with E-state index < -0.39 is 5.66 Å². The molecule has 1 fully saturated rings. The summed E-state index contributed by atoms with van der Waals surface area (Å²) in [6.45, 7) is 0.889. The fourth-order valence-corrected chi connectivity index (χ4v) is 4.95. The van der Waals surface area contributed by atoms with Gasteiger partial charge in [-0.25, -0.2) is 4.39 Å². The first-order valence-corrected chi connectivity index (χ1v) is 10.6. The molecule has 0 aliphatic carbocycles. The van der Waals surface area contributed by atoms with Gasteiger partial charge >= 0.3 is 0 Å². The molecule has 162 valence electrons. The predicted octanol–water partition coefficient (Wildman–Crippen LogP) is 3.77. The van der Waals surface area contributed by atoms with Gasteiger partial charge in [0.15, 0.2) is 0 Å². The van der Waals surface area contributed by atoms with Gasteiger partial charge in [0.05, 0.1) is 13.5 Å². The Hall–Kier alpha value is -3.67. The maximum Gasteiger partial charge on any atom is 0.256 e. The van der Waals surface area contributed by atoms with E-state index >= 15 is 0 Å². The summed E-state index contributed by atoms with van der Waals surface area (Å²) in [6.07, 6.45) is 0.651. The van der Waals surface area contributed by atoms with E-state index in [4.69, 9.17) is 4.74 Å². The Balaban J connectivity index is 1.59. The van der Waals surface area contributed by atoms with E-state index in [0.717, 1.165) is 16.7 Å². The van der Waals surface area contributed by atoms with Crippen LogP contribution in [0, 0.1) is 5.82 Å². The van der Waals surface area contributed by atoms with Crippen molar-refractivity contribution in [2.75, 3.05) is 20.2 Å². The van der Waals surface area contributed by atoms with Gasteiger partial charge in [-0.1, -0.05) is 42.5 Å². The highest BCUT2D eigenvalue weighted by Gasteiger charge is 2.55. The summed E-state index contributed by atoms with van der Waals surface area (Å²) < 4.78 is 18.6. The topological polar surface area (TPSA) is 49.9 Å². The molecule has 5 rings (SSSR count). The molecule has 2 amide bonds. The Bertz CT molecular complexity index is 1180. The van der Waals surface area contributed by atoms with Crippen LogP contribution in [0.3, 0.4) is 0 Å². The number of amides is 2. The molecule has 32 heavy (non-hydrogen) atoms. The molecule has 6 heteroatoms. The highest BCUT2D eigenvalue weighted by atomic mass is 19.1. The normalized spacial score (nSPS) is 19.5. The molecule has 0 spiro atoms. The lowest BCUT2D eigenvalue weighted by molar-refractivity contribution is -0.138. The highest BCUT2D eigenvalue weighted by Crippen LogP contribution is 2.45. The van der Waals surface area contributed by atoms with Crippen LogP contribution in [0.25, 0.3) is 0 Å². The average Bonchev–Trinajstić information content (AvgIpc) is 3.21. The lowest BCUT2D eigenvalue weighted by Gasteiger charge is -2.47. The molecule has 0 radical (unpaired) electrons. The van der Waals surface area contributed by atoms with Crippen LogP contribution in [0.15, 0.2) is 72.8 Å². The first-order valence-electron chi connectivity index (χ1n) is 10.6. The molecule has 5 nitrogen and oxygen atoms in total. The number of hydrogen-bond acceptors (Lipinski definition) is 3. The third-order valence-electron chi connectivity index (χ3n) is 6.49. The molecular weight excluding hydrogens is 407 g/mol. The number of halogens is 1. The molecular formula is C26H23FN2O3. The molecule has 2 aliphatic rings. The van der Waals surface area contributed by atoms with Gasteiger partial charge in [-0.15, -0.1) is 0 Å². The molecule has 0 bridgehead atoms. The number of carbonyl (C=O) groups excluding carboxylic acids is 2.